The lowest BCUT2D eigenvalue weighted by Crippen LogP contribution is -2.36. The van der Waals surface area contributed by atoms with Crippen molar-refractivity contribution in [2.45, 2.75) is 25.0 Å². The minimum absolute atomic E-state index is 0.0119. The van der Waals surface area contributed by atoms with E-state index in [0.29, 0.717) is 16.5 Å². The molecule has 2 heterocycles. The number of hydrogen-bond donors (Lipinski definition) is 1. The molecule has 9 heteroatoms. The third-order valence-electron chi connectivity index (χ3n) is 5.16. The predicted octanol–water partition coefficient (Wildman–Crippen LogP) is 4.23. The Hall–Kier alpha value is -2.91. The highest BCUT2D eigenvalue weighted by Gasteiger charge is 2.20. The molecule has 0 unspecified atom stereocenters. The van der Waals surface area contributed by atoms with Crippen LogP contribution in [0.5, 0.6) is 0 Å². The highest BCUT2D eigenvalue weighted by Crippen LogP contribution is 2.29. The Balaban J connectivity index is 1.39. The number of hydrogen-bond acceptors (Lipinski definition) is 6. The van der Waals surface area contributed by atoms with Gasteiger partial charge in [-0.25, -0.2) is 4.39 Å². The number of benzene rings is 2. The van der Waals surface area contributed by atoms with Gasteiger partial charge < -0.3 is 15.0 Å². The maximum Gasteiger partial charge on any atom is 0.234 e. The Morgan fingerprint density at radius 1 is 1.12 bits per heavy atom. The van der Waals surface area contributed by atoms with Crippen molar-refractivity contribution in [3.63, 3.8) is 0 Å². The molecule has 0 aliphatic carbocycles. The highest BCUT2D eigenvalue weighted by molar-refractivity contribution is 7.99. The molecule has 1 N–H and O–H groups in total. The number of carbonyl (C=O) groups is 1. The van der Waals surface area contributed by atoms with Crippen LogP contribution < -0.4 is 10.2 Å². The fourth-order valence-corrected chi connectivity index (χ4v) is 4.44. The SMILES string of the molecule is CC(C)n1c(SCC(=O)Nc2ccc(N3CCOCC3)cc2)nnc1-c1ccccc1F. The number of ether oxygens (including phenoxy) is 1. The minimum atomic E-state index is -0.350. The van der Waals surface area contributed by atoms with Crippen molar-refractivity contribution in [3.8, 4) is 11.4 Å². The average molecular weight is 456 g/mol. The van der Waals surface area contributed by atoms with Crippen molar-refractivity contribution in [2.24, 2.45) is 0 Å². The van der Waals surface area contributed by atoms with Crippen molar-refractivity contribution in [1.82, 2.24) is 14.8 Å². The quantitative estimate of drug-likeness (QED) is 0.538. The number of nitrogens with zero attached hydrogens (tertiary/aromatic N) is 4. The van der Waals surface area contributed by atoms with Crippen molar-refractivity contribution >= 4 is 29.0 Å². The van der Waals surface area contributed by atoms with Crippen LogP contribution in [0.2, 0.25) is 0 Å². The van der Waals surface area contributed by atoms with E-state index in [-0.39, 0.29) is 23.5 Å². The molecule has 3 aromatic rings. The normalized spacial score (nSPS) is 14.1. The summed E-state index contributed by atoms with van der Waals surface area (Å²) in [6.07, 6.45) is 0. The lowest BCUT2D eigenvalue weighted by Gasteiger charge is -2.28. The molecule has 4 rings (SSSR count). The maximum absolute atomic E-state index is 14.3. The van der Waals surface area contributed by atoms with Crippen molar-refractivity contribution in [2.75, 3.05) is 42.3 Å². The Labute approximate surface area is 191 Å². The zero-order chi connectivity index (χ0) is 22.5. The van der Waals surface area contributed by atoms with Gasteiger partial charge in [-0.1, -0.05) is 23.9 Å². The van der Waals surface area contributed by atoms with Gasteiger partial charge in [0.15, 0.2) is 11.0 Å². The van der Waals surface area contributed by atoms with Gasteiger partial charge >= 0.3 is 0 Å². The molecular formula is C23H26FN5O2S. The van der Waals surface area contributed by atoms with E-state index in [2.05, 4.69) is 20.4 Å². The van der Waals surface area contributed by atoms with Crippen LogP contribution >= 0.6 is 11.8 Å². The molecule has 0 spiro atoms. The zero-order valence-electron chi connectivity index (χ0n) is 18.1. The van der Waals surface area contributed by atoms with E-state index in [1.54, 1.807) is 18.2 Å². The fourth-order valence-electron chi connectivity index (χ4n) is 3.57. The first kappa shape index (κ1) is 22.3. The first-order valence-corrected chi connectivity index (χ1v) is 11.6. The Morgan fingerprint density at radius 2 is 1.84 bits per heavy atom. The van der Waals surface area contributed by atoms with E-state index >= 15 is 0 Å². The summed E-state index contributed by atoms with van der Waals surface area (Å²) in [5.74, 6) is 0.143. The number of carbonyl (C=O) groups excluding carboxylic acids is 1. The molecule has 1 aliphatic rings. The predicted molar refractivity (Wildman–Crippen MR) is 125 cm³/mol. The van der Waals surface area contributed by atoms with Gasteiger partial charge in [0.05, 0.1) is 24.5 Å². The van der Waals surface area contributed by atoms with E-state index < -0.39 is 0 Å². The van der Waals surface area contributed by atoms with Crippen LogP contribution in [0.25, 0.3) is 11.4 Å². The highest BCUT2D eigenvalue weighted by atomic mass is 32.2. The second kappa shape index (κ2) is 10.1. The summed E-state index contributed by atoms with van der Waals surface area (Å²) < 4.78 is 21.5. The lowest BCUT2D eigenvalue weighted by molar-refractivity contribution is -0.113. The summed E-state index contributed by atoms with van der Waals surface area (Å²) in [5, 5.41) is 11.9. The molecule has 0 saturated carbocycles. The molecule has 0 radical (unpaired) electrons. The molecule has 1 saturated heterocycles. The number of rotatable bonds is 7. The number of halogens is 1. The summed E-state index contributed by atoms with van der Waals surface area (Å²) >= 11 is 1.28. The summed E-state index contributed by atoms with van der Waals surface area (Å²) in [6.45, 7) is 7.16. The molecule has 1 fully saturated rings. The van der Waals surface area contributed by atoms with E-state index in [9.17, 15) is 9.18 Å². The molecule has 168 valence electrons. The van der Waals surface area contributed by atoms with Crippen LogP contribution in [0, 0.1) is 5.82 Å². The van der Waals surface area contributed by atoms with E-state index in [0.717, 1.165) is 37.7 Å². The molecule has 1 aromatic heterocycles. The Kier molecular flexibility index (Phi) is 7.06. The maximum atomic E-state index is 14.3. The number of nitrogens with one attached hydrogen (secondary N) is 1. The standard InChI is InChI=1S/C23H26FN5O2S/c1-16(2)29-22(19-5-3-4-6-20(19)24)26-27-23(29)32-15-21(30)25-17-7-9-18(10-8-17)28-11-13-31-14-12-28/h3-10,16H,11-15H2,1-2H3,(H,25,30). The van der Waals surface area contributed by atoms with Gasteiger partial charge in [0.2, 0.25) is 5.91 Å². The minimum Gasteiger partial charge on any atom is -0.378 e. The first-order valence-electron chi connectivity index (χ1n) is 10.6. The topological polar surface area (TPSA) is 72.3 Å². The van der Waals surface area contributed by atoms with Gasteiger partial charge in [0, 0.05) is 30.5 Å². The van der Waals surface area contributed by atoms with E-state index in [1.807, 2.05) is 42.7 Å². The third-order valence-corrected chi connectivity index (χ3v) is 6.10. The number of amides is 1. The van der Waals surface area contributed by atoms with Crippen LogP contribution in [-0.2, 0) is 9.53 Å². The third kappa shape index (κ3) is 5.11. The number of morpholine rings is 1. The molecule has 32 heavy (non-hydrogen) atoms. The first-order chi connectivity index (χ1) is 15.5. The summed E-state index contributed by atoms with van der Waals surface area (Å²) in [7, 11) is 0. The fraction of sp³-hybridized carbons (Fsp3) is 0.348. The second-order valence-corrected chi connectivity index (χ2v) is 8.68. The van der Waals surface area contributed by atoms with Gasteiger partial charge in [-0.3, -0.25) is 9.36 Å². The van der Waals surface area contributed by atoms with Gasteiger partial charge in [0.25, 0.3) is 0 Å². The summed E-state index contributed by atoms with van der Waals surface area (Å²) in [4.78, 5) is 14.8. The van der Waals surface area contributed by atoms with Crippen LogP contribution in [0.1, 0.15) is 19.9 Å². The Morgan fingerprint density at radius 3 is 2.53 bits per heavy atom. The molecule has 7 nitrogen and oxygen atoms in total. The second-order valence-electron chi connectivity index (χ2n) is 7.73. The van der Waals surface area contributed by atoms with Gasteiger partial charge in [-0.15, -0.1) is 10.2 Å². The summed E-state index contributed by atoms with van der Waals surface area (Å²) in [6, 6.07) is 14.3. The molecule has 2 aromatic carbocycles. The van der Waals surface area contributed by atoms with Gasteiger partial charge in [-0.2, -0.15) is 0 Å². The number of aromatic nitrogens is 3. The number of anilines is 2. The lowest BCUT2D eigenvalue weighted by atomic mass is 10.2. The van der Waals surface area contributed by atoms with Crippen molar-refractivity contribution in [1.29, 1.82) is 0 Å². The molecule has 1 aliphatic heterocycles. The van der Waals surface area contributed by atoms with Gasteiger partial charge in [-0.05, 0) is 50.2 Å². The van der Waals surface area contributed by atoms with Crippen LogP contribution in [-0.4, -0.2) is 52.7 Å². The molecule has 0 bridgehead atoms. The van der Waals surface area contributed by atoms with E-state index in [4.69, 9.17) is 4.74 Å². The zero-order valence-corrected chi connectivity index (χ0v) is 18.9. The van der Waals surface area contributed by atoms with Gasteiger partial charge in [0.1, 0.15) is 5.82 Å². The Bertz CT molecular complexity index is 1060. The number of thioether (sulfide) groups is 1. The average Bonchev–Trinajstić information content (AvgIpc) is 3.23. The van der Waals surface area contributed by atoms with Crippen molar-refractivity contribution in [3.05, 3.63) is 54.3 Å². The van der Waals surface area contributed by atoms with E-state index in [1.165, 1.54) is 17.8 Å². The molecular weight excluding hydrogens is 429 g/mol. The van der Waals surface area contributed by atoms with Crippen LogP contribution in [0.3, 0.4) is 0 Å². The van der Waals surface area contributed by atoms with Crippen molar-refractivity contribution < 1.29 is 13.9 Å². The van der Waals surface area contributed by atoms with Crippen LogP contribution in [0.15, 0.2) is 53.7 Å². The summed E-state index contributed by atoms with van der Waals surface area (Å²) in [5.41, 5.74) is 2.25. The smallest absolute Gasteiger partial charge is 0.234 e. The van der Waals surface area contributed by atoms with Crippen LogP contribution in [0.4, 0.5) is 15.8 Å². The molecule has 0 atom stereocenters. The largest absolute Gasteiger partial charge is 0.378 e. The molecule has 1 amide bonds. The monoisotopic (exact) mass is 455 g/mol.